The number of fused-ring (bicyclic) bond motifs is 1. The largest absolute Gasteiger partial charge is 0.343 e. The minimum Gasteiger partial charge on any atom is -0.343 e. The van der Waals surface area contributed by atoms with Crippen LogP contribution in [0.2, 0.25) is 0 Å². The number of rotatable bonds is 2. The van der Waals surface area contributed by atoms with Crippen LogP contribution in [0.3, 0.4) is 0 Å². The fourth-order valence-electron chi connectivity index (χ4n) is 2.29. The van der Waals surface area contributed by atoms with Gasteiger partial charge in [0.2, 0.25) is 0 Å². The van der Waals surface area contributed by atoms with Crippen molar-refractivity contribution in [3.8, 4) is 0 Å². The molecule has 2 aromatic carbocycles. The lowest BCUT2D eigenvalue weighted by Crippen LogP contribution is -1.99. The predicted octanol–water partition coefficient (Wildman–Crippen LogP) is 4.90. The van der Waals surface area contributed by atoms with Gasteiger partial charge in [0.05, 0.1) is 4.47 Å². The van der Waals surface area contributed by atoms with Crippen LogP contribution >= 0.6 is 15.9 Å². The second kappa shape index (κ2) is 4.82. The van der Waals surface area contributed by atoms with Crippen molar-refractivity contribution in [2.75, 3.05) is 0 Å². The molecular formula is C16H13BrFN. The Bertz CT molecular complexity index is 746. The van der Waals surface area contributed by atoms with Crippen molar-refractivity contribution in [3.05, 3.63) is 70.1 Å². The average molecular weight is 318 g/mol. The zero-order valence-corrected chi connectivity index (χ0v) is 12.1. The van der Waals surface area contributed by atoms with Crippen LogP contribution in [0, 0.1) is 12.7 Å². The molecule has 96 valence electrons. The van der Waals surface area contributed by atoms with Crippen LogP contribution in [0.1, 0.15) is 11.1 Å². The number of hydrogen-bond donors (Lipinski definition) is 0. The number of benzene rings is 2. The second-order valence-corrected chi connectivity index (χ2v) is 5.51. The van der Waals surface area contributed by atoms with Gasteiger partial charge in [-0.1, -0.05) is 24.3 Å². The van der Waals surface area contributed by atoms with Crippen molar-refractivity contribution >= 4 is 26.8 Å². The lowest BCUT2D eigenvalue weighted by atomic mass is 10.2. The van der Waals surface area contributed by atoms with E-state index < -0.39 is 0 Å². The van der Waals surface area contributed by atoms with Crippen LogP contribution in [0.25, 0.3) is 10.9 Å². The molecule has 0 bridgehead atoms. The Balaban J connectivity index is 2.06. The fourth-order valence-corrected chi connectivity index (χ4v) is 2.68. The lowest BCUT2D eigenvalue weighted by Gasteiger charge is -2.08. The number of halogens is 2. The molecule has 1 nitrogen and oxygen atoms in total. The van der Waals surface area contributed by atoms with Crippen LogP contribution in [0.4, 0.5) is 4.39 Å². The van der Waals surface area contributed by atoms with Crippen LogP contribution in [-0.4, -0.2) is 4.57 Å². The summed E-state index contributed by atoms with van der Waals surface area (Å²) < 4.78 is 16.2. The molecule has 0 aliphatic rings. The van der Waals surface area contributed by atoms with E-state index >= 15 is 0 Å². The summed E-state index contributed by atoms with van der Waals surface area (Å²) >= 11 is 3.32. The molecule has 3 heteroatoms. The average Bonchev–Trinajstić information content (AvgIpc) is 2.78. The molecule has 0 spiro atoms. The first-order valence-electron chi connectivity index (χ1n) is 6.13. The summed E-state index contributed by atoms with van der Waals surface area (Å²) in [5.41, 5.74) is 3.35. The van der Waals surface area contributed by atoms with Crippen LogP contribution in [0.15, 0.2) is 53.1 Å². The fraction of sp³-hybridized carbons (Fsp3) is 0.125. The minimum atomic E-state index is -0.217. The Hall–Kier alpha value is -1.61. The molecule has 0 unspecified atom stereocenters. The van der Waals surface area contributed by atoms with E-state index in [-0.39, 0.29) is 5.82 Å². The van der Waals surface area contributed by atoms with E-state index in [0.717, 1.165) is 5.56 Å². The summed E-state index contributed by atoms with van der Waals surface area (Å²) in [6.45, 7) is 2.74. The smallest absolute Gasteiger partial charge is 0.137 e. The zero-order valence-electron chi connectivity index (χ0n) is 10.5. The first kappa shape index (κ1) is 12.4. The second-order valence-electron chi connectivity index (χ2n) is 4.72. The van der Waals surface area contributed by atoms with Gasteiger partial charge >= 0.3 is 0 Å². The van der Waals surface area contributed by atoms with Gasteiger partial charge in [0, 0.05) is 18.3 Å². The van der Waals surface area contributed by atoms with Crippen molar-refractivity contribution in [2.45, 2.75) is 13.5 Å². The Morgan fingerprint density at radius 2 is 2.00 bits per heavy atom. The van der Waals surface area contributed by atoms with Crippen molar-refractivity contribution < 1.29 is 4.39 Å². The molecular weight excluding hydrogens is 305 g/mol. The van der Waals surface area contributed by atoms with Crippen LogP contribution < -0.4 is 0 Å². The van der Waals surface area contributed by atoms with Gasteiger partial charge in [0.25, 0.3) is 0 Å². The summed E-state index contributed by atoms with van der Waals surface area (Å²) in [6.07, 6.45) is 2.04. The van der Waals surface area contributed by atoms with E-state index in [4.69, 9.17) is 0 Å². The summed E-state index contributed by atoms with van der Waals surface area (Å²) in [7, 11) is 0. The van der Waals surface area contributed by atoms with Crippen molar-refractivity contribution in [1.82, 2.24) is 4.57 Å². The molecule has 0 N–H and O–H groups in total. The van der Waals surface area contributed by atoms with Gasteiger partial charge in [-0.3, -0.25) is 0 Å². The number of aryl methyl sites for hydroxylation is 1. The van der Waals surface area contributed by atoms with Gasteiger partial charge in [-0.15, -0.1) is 0 Å². The molecule has 0 amide bonds. The number of hydrogen-bond acceptors (Lipinski definition) is 0. The standard InChI is InChI=1S/C16H13BrFN/c1-11-5-6-12-7-8-19(15(12)9-11)10-13-3-2-4-14(18)16(13)17/h2-9H,10H2,1H3. The zero-order chi connectivity index (χ0) is 13.4. The molecule has 0 saturated heterocycles. The number of nitrogens with zero attached hydrogens (tertiary/aromatic N) is 1. The lowest BCUT2D eigenvalue weighted by molar-refractivity contribution is 0.616. The Labute approximate surface area is 119 Å². The van der Waals surface area contributed by atoms with Gasteiger partial charge < -0.3 is 4.57 Å². The Kier molecular flexibility index (Phi) is 3.15. The van der Waals surface area contributed by atoms with Gasteiger partial charge in [-0.05, 0) is 57.6 Å². The SMILES string of the molecule is Cc1ccc2ccn(Cc3cccc(F)c3Br)c2c1. The molecule has 0 aliphatic heterocycles. The Morgan fingerprint density at radius 1 is 1.16 bits per heavy atom. The van der Waals surface area contributed by atoms with Crippen molar-refractivity contribution in [2.24, 2.45) is 0 Å². The van der Waals surface area contributed by atoms with Crippen LogP contribution in [0.5, 0.6) is 0 Å². The van der Waals surface area contributed by atoms with Gasteiger partial charge in [0.1, 0.15) is 5.82 Å². The monoisotopic (exact) mass is 317 g/mol. The molecule has 3 rings (SSSR count). The maximum atomic E-state index is 13.5. The molecule has 0 aliphatic carbocycles. The molecule has 1 heterocycles. The summed E-state index contributed by atoms with van der Waals surface area (Å²) in [6, 6.07) is 13.6. The molecule has 1 aromatic heterocycles. The van der Waals surface area contributed by atoms with E-state index in [1.807, 2.05) is 12.3 Å². The molecule has 19 heavy (non-hydrogen) atoms. The van der Waals surface area contributed by atoms with Gasteiger partial charge in [0.15, 0.2) is 0 Å². The molecule has 0 saturated carbocycles. The molecule has 3 aromatic rings. The normalized spacial score (nSPS) is 11.1. The summed E-state index contributed by atoms with van der Waals surface area (Å²) in [5.74, 6) is -0.217. The topological polar surface area (TPSA) is 4.93 Å². The highest BCUT2D eigenvalue weighted by molar-refractivity contribution is 9.10. The summed E-state index contributed by atoms with van der Waals surface area (Å²) in [5, 5.41) is 1.21. The Morgan fingerprint density at radius 3 is 2.84 bits per heavy atom. The van der Waals surface area contributed by atoms with Gasteiger partial charge in [-0.25, -0.2) is 4.39 Å². The third kappa shape index (κ3) is 2.30. The first-order chi connectivity index (χ1) is 9.15. The molecule has 0 fully saturated rings. The van der Waals surface area contributed by atoms with Crippen LogP contribution in [-0.2, 0) is 6.54 Å². The molecule has 0 atom stereocenters. The first-order valence-corrected chi connectivity index (χ1v) is 6.93. The summed E-state index contributed by atoms with van der Waals surface area (Å²) in [4.78, 5) is 0. The quantitative estimate of drug-likeness (QED) is 0.633. The highest BCUT2D eigenvalue weighted by Gasteiger charge is 2.07. The third-order valence-corrected chi connectivity index (χ3v) is 4.19. The highest BCUT2D eigenvalue weighted by Crippen LogP contribution is 2.24. The van der Waals surface area contributed by atoms with E-state index in [0.29, 0.717) is 11.0 Å². The van der Waals surface area contributed by atoms with E-state index in [9.17, 15) is 4.39 Å². The maximum absolute atomic E-state index is 13.5. The van der Waals surface area contributed by atoms with E-state index in [1.54, 1.807) is 6.07 Å². The predicted molar refractivity (Wildman–Crippen MR) is 79.9 cm³/mol. The van der Waals surface area contributed by atoms with E-state index in [1.165, 1.54) is 22.5 Å². The maximum Gasteiger partial charge on any atom is 0.137 e. The number of aromatic nitrogens is 1. The molecule has 0 radical (unpaired) electrons. The van der Waals surface area contributed by atoms with Crippen molar-refractivity contribution in [3.63, 3.8) is 0 Å². The van der Waals surface area contributed by atoms with E-state index in [2.05, 4.69) is 51.7 Å². The van der Waals surface area contributed by atoms with Gasteiger partial charge in [-0.2, -0.15) is 0 Å². The third-order valence-electron chi connectivity index (χ3n) is 3.30. The highest BCUT2D eigenvalue weighted by atomic mass is 79.9. The minimum absolute atomic E-state index is 0.217. The van der Waals surface area contributed by atoms with Crippen molar-refractivity contribution in [1.29, 1.82) is 0 Å².